The van der Waals surface area contributed by atoms with Crippen LogP contribution in [0.3, 0.4) is 0 Å². The van der Waals surface area contributed by atoms with E-state index in [-0.39, 0.29) is 17.9 Å². The quantitative estimate of drug-likeness (QED) is 0.756. The van der Waals surface area contributed by atoms with Gasteiger partial charge in [0, 0.05) is 12.6 Å². The summed E-state index contributed by atoms with van der Waals surface area (Å²) in [6, 6.07) is 0.0824. The minimum Gasteiger partial charge on any atom is -0.356 e. The summed E-state index contributed by atoms with van der Waals surface area (Å²) in [5.74, 6) is 1.13. The molecule has 2 fully saturated rings. The Labute approximate surface area is 111 Å². The molecule has 104 valence electrons. The SMILES string of the molecule is NC1CCCCCC1C(=O)NCCC1CCCC1. The summed E-state index contributed by atoms with van der Waals surface area (Å²) in [6.45, 7) is 0.854. The van der Waals surface area contributed by atoms with Gasteiger partial charge in [-0.3, -0.25) is 4.79 Å². The minimum absolute atomic E-state index is 0.0658. The fraction of sp³-hybridized carbons (Fsp3) is 0.933. The van der Waals surface area contributed by atoms with E-state index < -0.39 is 0 Å². The van der Waals surface area contributed by atoms with Gasteiger partial charge < -0.3 is 11.1 Å². The van der Waals surface area contributed by atoms with Crippen molar-refractivity contribution in [1.82, 2.24) is 5.32 Å². The van der Waals surface area contributed by atoms with Gasteiger partial charge in [-0.1, -0.05) is 44.9 Å². The second-order valence-electron chi connectivity index (χ2n) is 6.14. The van der Waals surface area contributed by atoms with Crippen molar-refractivity contribution in [1.29, 1.82) is 0 Å². The highest BCUT2D eigenvalue weighted by Gasteiger charge is 2.26. The molecule has 0 aromatic heterocycles. The lowest BCUT2D eigenvalue weighted by molar-refractivity contribution is -0.125. The molecule has 0 spiro atoms. The average Bonchev–Trinajstić information content (AvgIpc) is 2.77. The molecular weight excluding hydrogens is 224 g/mol. The maximum Gasteiger partial charge on any atom is 0.224 e. The van der Waals surface area contributed by atoms with E-state index in [9.17, 15) is 4.79 Å². The molecule has 0 radical (unpaired) electrons. The Morgan fingerprint density at radius 2 is 1.67 bits per heavy atom. The van der Waals surface area contributed by atoms with E-state index in [0.717, 1.165) is 38.1 Å². The van der Waals surface area contributed by atoms with Crippen molar-refractivity contribution in [2.45, 2.75) is 70.3 Å². The third-order valence-electron chi connectivity index (χ3n) is 4.73. The summed E-state index contributed by atoms with van der Waals surface area (Å²) in [4.78, 5) is 12.1. The number of nitrogens with one attached hydrogen (secondary N) is 1. The first-order valence-electron chi connectivity index (χ1n) is 7.80. The maximum absolute atomic E-state index is 12.1. The fourth-order valence-corrected chi connectivity index (χ4v) is 3.49. The van der Waals surface area contributed by atoms with Crippen LogP contribution in [0.25, 0.3) is 0 Å². The maximum atomic E-state index is 12.1. The summed E-state index contributed by atoms with van der Waals surface area (Å²) in [7, 11) is 0. The number of carbonyl (C=O) groups is 1. The van der Waals surface area contributed by atoms with Gasteiger partial charge >= 0.3 is 0 Å². The zero-order valence-corrected chi connectivity index (χ0v) is 11.5. The van der Waals surface area contributed by atoms with E-state index in [2.05, 4.69) is 5.32 Å². The lowest BCUT2D eigenvalue weighted by atomic mass is 9.94. The van der Waals surface area contributed by atoms with Crippen LogP contribution in [0.15, 0.2) is 0 Å². The monoisotopic (exact) mass is 252 g/mol. The van der Waals surface area contributed by atoms with Crippen molar-refractivity contribution < 1.29 is 4.79 Å². The molecule has 0 bridgehead atoms. The predicted molar refractivity (Wildman–Crippen MR) is 74.1 cm³/mol. The molecule has 2 rings (SSSR count). The first-order valence-corrected chi connectivity index (χ1v) is 7.80. The zero-order valence-electron chi connectivity index (χ0n) is 11.5. The number of rotatable bonds is 4. The molecule has 3 N–H and O–H groups in total. The van der Waals surface area contributed by atoms with Crippen LogP contribution in [0.5, 0.6) is 0 Å². The number of amides is 1. The molecule has 0 aromatic rings. The molecule has 2 saturated carbocycles. The van der Waals surface area contributed by atoms with Crippen LogP contribution in [0.2, 0.25) is 0 Å². The van der Waals surface area contributed by atoms with Crippen LogP contribution in [-0.4, -0.2) is 18.5 Å². The predicted octanol–water partition coefficient (Wildman–Crippen LogP) is 2.59. The number of hydrogen-bond acceptors (Lipinski definition) is 2. The van der Waals surface area contributed by atoms with Crippen molar-refractivity contribution in [2.24, 2.45) is 17.6 Å². The van der Waals surface area contributed by atoms with Crippen LogP contribution < -0.4 is 11.1 Å². The number of hydrogen-bond donors (Lipinski definition) is 2. The van der Waals surface area contributed by atoms with Crippen LogP contribution in [0.1, 0.15) is 64.2 Å². The van der Waals surface area contributed by atoms with Gasteiger partial charge in [0.15, 0.2) is 0 Å². The summed E-state index contributed by atoms with van der Waals surface area (Å²) in [6.07, 6.45) is 12.2. The van der Waals surface area contributed by atoms with E-state index in [0.29, 0.717) is 0 Å². The molecule has 18 heavy (non-hydrogen) atoms. The third-order valence-corrected chi connectivity index (χ3v) is 4.73. The molecule has 0 aliphatic heterocycles. The Morgan fingerprint density at radius 1 is 1.00 bits per heavy atom. The summed E-state index contributed by atoms with van der Waals surface area (Å²) >= 11 is 0. The molecule has 1 amide bonds. The molecule has 2 aliphatic rings. The van der Waals surface area contributed by atoms with Gasteiger partial charge in [0.1, 0.15) is 0 Å². The van der Waals surface area contributed by atoms with Gasteiger partial charge in [-0.25, -0.2) is 0 Å². The molecule has 2 unspecified atom stereocenters. The lowest BCUT2D eigenvalue weighted by Gasteiger charge is -2.21. The van der Waals surface area contributed by atoms with E-state index in [1.165, 1.54) is 38.5 Å². The van der Waals surface area contributed by atoms with Crippen molar-refractivity contribution in [3.05, 3.63) is 0 Å². The molecular formula is C15H28N2O. The number of nitrogens with two attached hydrogens (primary N) is 1. The highest BCUT2D eigenvalue weighted by molar-refractivity contribution is 5.79. The van der Waals surface area contributed by atoms with Gasteiger partial charge in [0.05, 0.1) is 5.92 Å². The third kappa shape index (κ3) is 3.98. The molecule has 0 saturated heterocycles. The van der Waals surface area contributed by atoms with Crippen LogP contribution in [0, 0.1) is 11.8 Å². The average molecular weight is 252 g/mol. The van der Waals surface area contributed by atoms with Crippen molar-refractivity contribution >= 4 is 5.91 Å². The van der Waals surface area contributed by atoms with Crippen LogP contribution >= 0.6 is 0 Å². The van der Waals surface area contributed by atoms with Crippen molar-refractivity contribution in [2.75, 3.05) is 6.54 Å². The van der Waals surface area contributed by atoms with Gasteiger partial charge in [0.2, 0.25) is 5.91 Å². The molecule has 2 atom stereocenters. The Balaban J connectivity index is 1.69. The van der Waals surface area contributed by atoms with E-state index in [4.69, 9.17) is 5.73 Å². The van der Waals surface area contributed by atoms with Gasteiger partial charge in [-0.05, 0) is 25.2 Å². The highest BCUT2D eigenvalue weighted by Crippen LogP contribution is 2.27. The highest BCUT2D eigenvalue weighted by atomic mass is 16.1. The second-order valence-corrected chi connectivity index (χ2v) is 6.14. The zero-order chi connectivity index (χ0) is 12.8. The lowest BCUT2D eigenvalue weighted by Crippen LogP contribution is -2.41. The Morgan fingerprint density at radius 3 is 2.44 bits per heavy atom. The second kappa shape index (κ2) is 7.13. The summed E-state index contributed by atoms with van der Waals surface area (Å²) in [5.41, 5.74) is 6.11. The first-order chi connectivity index (χ1) is 8.77. The minimum atomic E-state index is 0.0658. The normalized spacial score (nSPS) is 30.1. The number of carbonyl (C=O) groups excluding carboxylic acids is 1. The summed E-state index contributed by atoms with van der Waals surface area (Å²) in [5, 5.41) is 3.12. The van der Waals surface area contributed by atoms with E-state index in [1.807, 2.05) is 0 Å². The fourth-order valence-electron chi connectivity index (χ4n) is 3.49. The van der Waals surface area contributed by atoms with Crippen LogP contribution in [0.4, 0.5) is 0 Å². The van der Waals surface area contributed by atoms with E-state index in [1.54, 1.807) is 0 Å². The Bertz CT molecular complexity index is 261. The Kier molecular flexibility index (Phi) is 5.48. The largest absolute Gasteiger partial charge is 0.356 e. The summed E-state index contributed by atoms with van der Waals surface area (Å²) < 4.78 is 0. The van der Waals surface area contributed by atoms with Gasteiger partial charge in [-0.15, -0.1) is 0 Å². The molecule has 0 heterocycles. The smallest absolute Gasteiger partial charge is 0.224 e. The van der Waals surface area contributed by atoms with Crippen molar-refractivity contribution in [3.63, 3.8) is 0 Å². The molecule has 3 heteroatoms. The first kappa shape index (κ1) is 13.9. The van der Waals surface area contributed by atoms with Crippen molar-refractivity contribution in [3.8, 4) is 0 Å². The topological polar surface area (TPSA) is 55.1 Å². The molecule has 0 aromatic carbocycles. The standard InChI is InChI=1S/C15H28N2O/c16-14-9-3-1-2-8-13(14)15(18)17-11-10-12-6-4-5-7-12/h12-14H,1-11,16H2,(H,17,18). The van der Waals surface area contributed by atoms with Gasteiger partial charge in [0.25, 0.3) is 0 Å². The van der Waals surface area contributed by atoms with Gasteiger partial charge in [-0.2, -0.15) is 0 Å². The van der Waals surface area contributed by atoms with Crippen LogP contribution in [-0.2, 0) is 4.79 Å². The molecule has 3 nitrogen and oxygen atoms in total. The Hall–Kier alpha value is -0.570. The molecule has 2 aliphatic carbocycles. The van der Waals surface area contributed by atoms with E-state index >= 15 is 0 Å².